The summed E-state index contributed by atoms with van der Waals surface area (Å²) in [6.45, 7) is 4.35. The number of thioether (sulfide) groups is 1. The van der Waals surface area contributed by atoms with E-state index in [-0.39, 0.29) is 6.61 Å². The molecule has 0 heterocycles. The fraction of sp³-hybridized carbons (Fsp3) is 0.455. The molecule has 3 heteroatoms. The number of nitrogens with two attached hydrogens (primary N) is 1. The number of benzene rings is 1. The number of nitrogen functional groups attached to an aromatic ring is 1. The monoisotopic (exact) mass is 211 g/mol. The molecule has 1 rings (SSSR count). The Kier molecular flexibility index (Phi) is 4.29. The van der Waals surface area contributed by atoms with Crippen LogP contribution in [0.1, 0.15) is 18.9 Å². The Bertz CT molecular complexity index is 301. The minimum absolute atomic E-state index is 0.246. The summed E-state index contributed by atoms with van der Waals surface area (Å²) in [7, 11) is 0. The molecule has 0 aliphatic heterocycles. The van der Waals surface area contributed by atoms with Crippen LogP contribution in [0.15, 0.2) is 23.1 Å². The topological polar surface area (TPSA) is 46.2 Å². The van der Waals surface area contributed by atoms with Gasteiger partial charge in [0, 0.05) is 22.4 Å². The number of hydrogen-bond acceptors (Lipinski definition) is 3. The third kappa shape index (κ3) is 3.24. The van der Waals surface area contributed by atoms with Crippen LogP contribution in [-0.2, 0) is 0 Å². The zero-order chi connectivity index (χ0) is 10.6. The normalized spacial score (nSPS) is 12.8. The zero-order valence-electron chi connectivity index (χ0n) is 8.66. The Morgan fingerprint density at radius 3 is 2.79 bits per heavy atom. The van der Waals surface area contributed by atoms with Crippen molar-refractivity contribution in [3.8, 4) is 0 Å². The minimum Gasteiger partial charge on any atom is -0.398 e. The maximum atomic E-state index is 8.78. The van der Waals surface area contributed by atoms with E-state index in [0.29, 0.717) is 5.25 Å². The maximum Gasteiger partial charge on any atom is 0.0441 e. The molecule has 0 saturated carbocycles. The number of hydrogen-bond donors (Lipinski definition) is 2. The summed E-state index contributed by atoms with van der Waals surface area (Å²) >= 11 is 1.75. The predicted octanol–water partition coefficient (Wildman–Crippen LogP) is 2.44. The molecule has 1 aromatic carbocycles. The Morgan fingerprint density at radius 1 is 1.50 bits per heavy atom. The second-order valence-corrected chi connectivity index (χ2v) is 4.97. The van der Waals surface area contributed by atoms with Crippen LogP contribution < -0.4 is 5.73 Å². The summed E-state index contributed by atoms with van der Waals surface area (Å²) < 4.78 is 0. The van der Waals surface area contributed by atoms with Gasteiger partial charge >= 0.3 is 0 Å². The molecule has 0 amide bonds. The molecule has 0 saturated heterocycles. The molecular formula is C11H17NOS. The number of anilines is 1. The molecule has 0 aromatic heterocycles. The first-order valence-corrected chi connectivity index (χ1v) is 5.65. The molecule has 0 spiro atoms. The Morgan fingerprint density at radius 2 is 2.21 bits per heavy atom. The van der Waals surface area contributed by atoms with Crippen molar-refractivity contribution in [3.63, 3.8) is 0 Å². The molecular weight excluding hydrogens is 194 g/mol. The lowest BCUT2D eigenvalue weighted by atomic mass is 10.2. The average molecular weight is 211 g/mol. The molecule has 3 N–H and O–H groups in total. The summed E-state index contributed by atoms with van der Waals surface area (Å²) in [6, 6.07) is 6.10. The molecule has 0 bridgehead atoms. The van der Waals surface area contributed by atoms with Crippen molar-refractivity contribution >= 4 is 17.4 Å². The highest BCUT2D eigenvalue weighted by Gasteiger charge is 2.04. The van der Waals surface area contributed by atoms with Crippen molar-refractivity contribution in [2.45, 2.75) is 30.4 Å². The Hall–Kier alpha value is -0.670. The molecule has 2 nitrogen and oxygen atoms in total. The average Bonchev–Trinajstić information content (AvgIpc) is 2.12. The third-order valence-electron chi connectivity index (χ3n) is 2.12. The molecule has 78 valence electrons. The van der Waals surface area contributed by atoms with Gasteiger partial charge < -0.3 is 10.8 Å². The second-order valence-electron chi connectivity index (χ2n) is 3.46. The van der Waals surface area contributed by atoms with Crippen LogP contribution in [0, 0.1) is 6.92 Å². The third-order valence-corrected chi connectivity index (χ3v) is 3.29. The van der Waals surface area contributed by atoms with Gasteiger partial charge in [-0.05, 0) is 31.0 Å². The minimum atomic E-state index is 0.246. The van der Waals surface area contributed by atoms with Crippen LogP contribution in [-0.4, -0.2) is 17.0 Å². The van der Waals surface area contributed by atoms with Gasteiger partial charge in [0.1, 0.15) is 0 Å². The van der Waals surface area contributed by atoms with Gasteiger partial charge in [0.15, 0.2) is 0 Å². The number of aliphatic hydroxyl groups excluding tert-OH is 1. The first-order valence-electron chi connectivity index (χ1n) is 4.77. The quantitative estimate of drug-likeness (QED) is 0.594. The first-order chi connectivity index (χ1) is 6.63. The SMILES string of the molecule is Cc1ccc(SC(C)CCO)cc1N. The summed E-state index contributed by atoms with van der Waals surface area (Å²) in [4.78, 5) is 1.18. The van der Waals surface area contributed by atoms with Crippen LogP contribution in [0.25, 0.3) is 0 Å². The van der Waals surface area contributed by atoms with Crippen LogP contribution in [0.3, 0.4) is 0 Å². The van der Waals surface area contributed by atoms with E-state index in [0.717, 1.165) is 17.7 Å². The van der Waals surface area contributed by atoms with Crippen LogP contribution >= 0.6 is 11.8 Å². The lowest BCUT2D eigenvalue weighted by molar-refractivity contribution is 0.289. The van der Waals surface area contributed by atoms with Gasteiger partial charge in [-0.25, -0.2) is 0 Å². The lowest BCUT2D eigenvalue weighted by Crippen LogP contribution is -1.99. The molecule has 0 aliphatic carbocycles. The number of rotatable bonds is 4. The molecule has 1 unspecified atom stereocenters. The van der Waals surface area contributed by atoms with E-state index in [9.17, 15) is 0 Å². The van der Waals surface area contributed by atoms with E-state index in [4.69, 9.17) is 10.8 Å². The van der Waals surface area contributed by atoms with Gasteiger partial charge in [0.25, 0.3) is 0 Å². The van der Waals surface area contributed by atoms with E-state index in [2.05, 4.69) is 13.0 Å². The van der Waals surface area contributed by atoms with Gasteiger partial charge in [-0.1, -0.05) is 13.0 Å². The van der Waals surface area contributed by atoms with Crippen molar-refractivity contribution in [1.82, 2.24) is 0 Å². The fourth-order valence-electron chi connectivity index (χ4n) is 1.16. The van der Waals surface area contributed by atoms with E-state index < -0.39 is 0 Å². The molecule has 1 atom stereocenters. The van der Waals surface area contributed by atoms with Crippen molar-refractivity contribution in [2.75, 3.05) is 12.3 Å². The highest BCUT2D eigenvalue weighted by Crippen LogP contribution is 2.27. The van der Waals surface area contributed by atoms with E-state index in [1.807, 2.05) is 19.1 Å². The summed E-state index contributed by atoms with van der Waals surface area (Å²) in [6.07, 6.45) is 0.818. The Balaban J connectivity index is 2.63. The van der Waals surface area contributed by atoms with Gasteiger partial charge in [-0.15, -0.1) is 11.8 Å². The fourth-order valence-corrected chi connectivity index (χ4v) is 2.19. The lowest BCUT2D eigenvalue weighted by Gasteiger charge is -2.10. The summed E-state index contributed by atoms with van der Waals surface area (Å²) in [5, 5.41) is 9.21. The van der Waals surface area contributed by atoms with Gasteiger partial charge in [-0.3, -0.25) is 0 Å². The zero-order valence-corrected chi connectivity index (χ0v) is 9.47. The van der Waals surface area contributed by atoms with Crippen molar-refractivity contribution in [3.05, 3.63) is 23.8 Å². The standard InChI is InChI=1S/C11H17NOS/c1-8-3-4-10(7-11(8)12)14-9(2)5-6-13/h3-4,7,9,13H,5-6,12H2,1-2H3. The molecule has 1 aromatic rings. The van der Waals surface area contributed by atoms with Gasteiger partial charge in [0.05, 0.1) is 0 Å². The van der Waals surface area contributed by atoms with Crippen LogP contribution in [0.4, 0.5) is 5.69 Å². The predicted molar refractivity (Wildman–Crippen MR) is 62.6 cm³/mol. The Labute approximate surface area is 89.5 Å². The van der Waals surface area contributed by atoms with E-state index in [1.165, 1.54) is 4.90 Å². The largest absolute Gasteiger partial charge is 0.398 e. The molecule has 14 heavy (non-hydrogen) atoms. The molecule has 0 radical (unpaired) electrons. The maximum absolute atomic E-state index is 8.78. The van der Waals surface area contributed by atoms with Crippen LogP contribution in [0.2, 0.25) is 0 Å². The highest BCUT2D eigenvalue weighted by atomic mass is 32.2. The van der Waals surface area contributed by atoms with Crippen molar-refractivity contribution < 1.29 is 5.11 Å². The summed E-state index contributed by atoms with van der Waals surface area (Å²) in [5.41, 5.74) is 7.76. The molecule has 0 aliphatic rings. The second kappa shape index (κ2) is 5.27. The van der Waals surface area contributed by atoms with Gasteiger partial charge in [0.2, 0.25) is 0 Å². The van der Waals surface area contributed by atoms with E-state index >= 15 is 0 Å². The smallest absolute Gasteiger partial charge is 0.0441 e. The number of aliphatic hydroxyl groups is 1. The van der Waals surface area contributed by atoms with Crippen LogP contribution in [0.5, 0.6) is 0 Å². The summed E-state index contributed by atoms with van der Waals surface area (Å²) in [5.74, 6) is 0. The van der Waals surface area contributed by atoms with Crippen molar-refractivity contribution in [2.24, 2.45) is 0 Å². The van der Waals surface area contributed by atoms with Crippen molar-refractivity contribution in [1.29, 1.82) is 0 Å². The van der Waals surface area contributed by atoms with E-state index in [1.54, 1.807) is 11.8 Å². The van der Waals surface area contributed by atoms with Gasteiger partial charge in [-0.2, -0.15) is 0 Å². The highest BCUT2D eigenvalue weighted by molar-refractivity contribution is 7.99. The first kappa shape index (κ1) is 11.4. The number of aryl methyl sites for hydroxylation is 1. The molecule has 0 fully saturated rings.